The molecule has 9 nitrogen and oxygen atoms in total. The highest BCUT2D eigenvalue weighted by molar-refractivity contribution is 14.1. The number of fused-ring (bicyclic) bond motifs is 1. The smallest absolute Gasteiger partial charge is 0.251 e. The van der Waals surface area contributed by atoms with Gasteiger partial charge in [-0.15, -0.1) is 11.3 Å². The van der Waals surface area contributed by atoms with E-state index in [1.807, 2.05) is 38.1 Å². The summed E-state index contributed by atoms with van der Waals surface area (Å²) in [7, 11) is -4.12. The number of benzene rings is 2. The topological polar surface area (TPSA) is 147 Å². The van der Waals surface area contributed by atoms with Crippen LogP contribution in [-0.2, 0) is 30.8 Å². The van der Waals surface area contributed by atoms with Gasteiger partial charge in [0.05, 0.1) is 0 Å². The predicted molar refractivity (Wildman–Crippen MR) is 180 cm³/mol. The number of carbonyl (C=O) groups excluding carboxylic acids is 3. The quantitative estimate of drug-likeness (QED) is 0.124. The number of hydrogen-bond donors (Lipinski definition) is 5. The van der Waals surface area contributed by atoms with Gasteiger partial charge < -0.3 is 16.4 Å². The van der Waals surface area contributed by atoms with E-state index in [0.717, 1.165) is 30.6 Å². The fraction of sp³-hybridized carbons (Fsp3) is 0.393. The third-order valence-corrected chi connectivity index (χ3v) is 11.3. The van der Waals surface area contributed by atoms with Crippen LogP contribution in [0.3, 0.4) is 0 Å². The molecule has 0 aliphatic heterocycles. The summed E-state index contributed by atoms with van der Waals surface area (Å²) in [5, 5.41) is 6.47. The van der Waals surface area contributed by atoms with Crippen molar-refractivity contribution in [3.63, 3.8) is 0 Å². The number of carbonyl (C=O) groups is 3. The van der Waals surface area contributed by atoms with E-state index >= 15 is 0 Å². The van der Waals surface area contributed by atoms with Gasteiger partial charge in [0.2, 0.25) is 17.7 Å². The standard InChI is InChI=1S/C28H34ClIN4O5S3/c1-15(2)4-10-21(34-42(38,39)28-16(3)20-13-18(29)7-11-24(20)41-28)26(36)32-22(12-17-5-8-19(30)9-6-17)27(37)33-23(14-40)25(31)35/h5-9,11,13,15,21-23,34,40H,4,10,12,14H2,1-3H3,(H2,31,35)(H,32,36)(H,33,37)/t21-,22-,23-/m0/s1. The Labute approximate surface area is 274 Å². The van der Waals surface area contributed by atoms with Crippen molar-refractivity contribution in [2.45, 2.75) is 62.4 Å². The van der Waals surface area contributed by atoms with Crippen LogP contribution in [0.15, 0.2) is 46.7 Å². The molecule has 0 unspecified atom stereocenters. The Morgan fingerprint density at radius 3 is 2.21 bits per heavy atom. The zero-order valence-electron chi connectivity index (χ0n) is 23.3. The van der Waals surface area contributed by atoms with Crippen molar-refractivity contribution in [3.05, 3.63) is 62.2 Å². The summed E-state index contributed by atoms with van der Waals surface area (Å²) < 4.78 is 31.7. The number of halogens is 2. The molecule has 3 amide bonds. The molecule has 1 heterocycles. The predicted octanol–water partition coefficient (Wildman–Crippen LogP) is 4.18. The normalized spacial score (nSPS) is 14.0. The number of nitrogens with one attached hydrogen (secondary N) is 3. The first-order valence-electron chi connectivity index (χ1n) is 13.2. The van der Waals surface area contributed by atoms with E-state index in [9.17, 15) is 22.8 Å². The summed E-state index contributed by atoms with van der Waals surface area (Å²) in [6.45, 7) is 5.64. The molecular formula is C28H34ClIN4O5S3. The van der Waals surface area contributed by atoms with Crippen molar-refractivity contribution in [2.75, 3.05) is 5.75 Å². The molecule has 5 N–H and O–H groups in total. The summed E-state index contributed by atoms with van der Waals surface area (Å²) in [4.78, 5) is 38.7. The fourth-order valence-electron chi connectivity index (χ4n) is 4.23. The minimum absolute atomic E-state index is 0.0260. The SMILES string of the molecule is Cc1c(S(=O)(=O)N[C@@H](CCC(C)C)C(=O)N[C@@H](Cc2ccc(I)cc2)C(=O)N[C@@H](CS)C(N)=O)sc2ccc(Cl)cc12. The van der Waals surface area contributed by atoms with E-state index in [1.54, 1.807) is 25.1 Å². The lowest BCUT2D eigenvalue weighted by Gasteiger charge is -2.25. The van der Waals surface area contributed by atoms with Gasteiger partial charge in [-0.2, -0.15) is 17.4 Å². The summed E-state index contributed by atoms with van der Waals surface area (Å²) in [5.41, 5.74) is 6.68. The maximum atomic E-state index is 13.7. The number of primary amides is 1. The first kappa shape index (κ1) is 34.6. The highest BCUT2D eigenvalue weighted by atomic mass is 127. The molecule has 3 rings (SSSR count). The first-order chi connectivity index (χ1) is 19.7. The monoisotopic (exact) mass is 764 g/mol. The maximum Gasteiger partial charge on any atom is 0.251 e. The molecule has 3 atom stereocenters. The molecule has 3 aromatic rings. The van der Waals surface area contributed by atoms with Crippen LogP contribution in [0.1, 0.15) is 37.8 Å². The third kappa shape index (κ3) is 9.29. The molecule has 0 aliphatic rings. The summed E-state index contributed by atoms with van der Waals surface area (Å²) in [5.74, 6) is -1.89. The Morgan fingerprint density at radius 2 is 1.62 bits per heavy atom. The van der Waals surface area contributed by atoms with E-state index in [2.05, 4.69) is 50.6 Å². The molecule has 42 heavy (non-hydrogen) atoms. The molecular weight excluding hydrogens is 731 g/mol. The lowest BCUT2D eigenvalue weighted by molar-refractivity contribution is -0.131. The Balaban J connectivity index is 1.91. The van der Waals surface area contributed by atoms with Gasteiger partial charge in [-0.25, -0.2) is 8.42 Å². The van der Waals surface area contributed by atoms with Gasteiger partial charge in [-0.05, 0) is 95.1 Å². The molecule has 0 saturated heterocycles. The Bertz CT molecular complexity index is 1550. The number of hydrogen-bond acceptors (Lipinski definition) is 7. The highest BCUT2D eigenvalue weighted by Gasteiger charge is 2.32. The number of thiophene rings is 1. The summed E-state index contributed by atoms with van der Waals surface area (Å²) in [6, 6.07) is 9.24. The van der Waals surface area contributed by atoms with Crippen molar-refractivity contribution in [1.82, 2.24) is 15.4 Å². The lowest BCUT2D eigenvalue weighted by Crippen LogP contribution is -2.57. The van der Waals surface area contributed by atoms with Crippen LogP contribution in [0, 0.1) is 16.4 Å². The van der Waals surface area contributed by atoms with Crippen molar-refractivity contribution < 1.29 is 22.8 Å². The molecule has 14 heteroatoms. The van der Waals surface area contributed by atoms with Gasteiger partial charge in [0, 0.05) is 25.5 Å². The molecule has 0 radical (unpaired) electrons. The Hall–Kier alpha value is -1.91. The summed E-state index contributed by atoms with van der Waals surface area (Å²) >= 11 is 13.5. The number of nitrogens with two attached hydrogens (primary N) is 1. The Morgan fingerprint density at radius 1 is 1.00 bits per heavy atom. The Kier molecular flexibility index (Phi) is 12.5. The molecule has 0 bridgehead atoms. The van der Waals surface area contributed by atoms with Gasteiger partial charge in [-0.3, -0.25) is 14.4 Å². The largest absolute Gasteiger partial charge is 0.368 e. The van der Waals surface area contributed by atoms with E-state index < -0.39 is 45.9 Å². The van der Waals surface area contributed by atoms with Crippen LogP contribution in [0.25, 0.3) is 10.1 Å². The molecule has 2 aromatic carbocycles. The zero-order valence-corrected chi connectivity index (χ0v) is 28.8. The first-order valence-corrected chi connectivity index (χ1v) is 17.6. The molecule has 0 spiro atoms. The summed E-state index contributed by atoms with van der Waals surface area (Å²) in [6.07, 6.45) is 0.863. The van der Waals surface area contributed by atoms with Crippen molar-refractivity contribution in [2.24, 2.45) is 11.7 Å². The number of amides is 3. The maximum absolute atomic E-state index is 13.7. The zero-order chi connectivity index (χ0) is 31.2. The van der Waals surface area contributed by atoms with Gasteiger partial charge in [0.15, 0.2) is 0 Å². The number of rotatable bonds is 14. The fourth-order valence-corrected chi connectivity index (χ4v) is 8.02. The van der Waals surface area contributed by atoms with Crippen LogP contribution >= 0.6 is 58.2 Å². The van der Waals surface area contributed by atoms with Crippen LogP contribution in [0.5, 0.6) is 0 Å². The van der Waals surface area contributed by atoms with E-state index in [4.69, 9.17) is 17.3 Å². The minimum atomic E-state index is -4.12. The van der Waals surface area contributed by atoms with Crippen molar-refractivity contribution >= 4 is 96.0 Å². The van der Waals surface area contributed by atoms with Gasteiger partial charge in [-0.1, -0.05) is 37.6 Å². The second kappa shape index (κ2) is 15.2. The highest BCUT2D eigenvalue weighted by Crippen LogP contribution is 2.35. The number of aryl methyl sites for hydroxylation is 1. The number of thiol groups is 1. The van der Waals surface area contributed by atoms with Crippen LogP contribution in [-0.4, -0.2) is 50.0 Å². The lowest BCUT2D eigenvalue weighted by atomic mass is 10.0. The second-order valence-electron chi connectivity index (χ2n) is 10.3. The van der Waals surface area contributed by atoms with E-state index in [0.29, 0.717) is 17.0 Å². The van der Waals surface area contributed by atoms with Crippen molar-refractivity contribution in [1.29, 1.82) is 0 Å². The minimum Gasteiger partial charge on any atom is -0.368 e. The molecule has 0 aliphatic carbocycles. The van der Waals surface area contributed by atoms with Crippen LogP contribution in [0.2, 0.25) is 5.02 Å². The average molecular weight is 765 g/mol. The van der Waals surface area contributed by atoms with Crippen LogP contribution in [0.4, 0.5) is 0 Å². The second-order valence-corrected chi connectivity index (χ2v) is 15.3. The molecule has 228 valence electrons. The van der Waals surface area contributed by atoms with Gasteiger partial charge in [0.1, 0.15) is 22.3 Å². The van der Waals surface area contributed by atoms with E-state index in [-0.39, 0.29) is 28.7 Å². The average Bonchev–Trinajstić information content (AvgIpc) is 3.26. The van der Waals surface area contributed by atoms with E-state index in [1.165, 1.54) is 0 Å². The van der Waals surface area contributed by atoms with Crippen LogP contribution < -0.4 is 21.1 Å². The van der Waals surface area contributed by atoms with Gasteiger partial charge >= 0.3 is 0 Å². The third-order valence-electron chi connectivity index (χ3n) is 6.57. The molecule has 1 aromatic heterocycles. The molecule has 0 fully saturated rings. The molecule has 0 saturated carbocycles. The van der Waals surface area contributed by atoms with Crippen molar-refractivity contribution in [3.8, 4) is 0 Å². The number of sulfonamides is 1. The van der Waals surface area contributed by atoms with Gasteiger partial charge in [0.25, 0.3) is 10.0 Å².